The van der Waals surface area contributed by atoms with Crippen LogP contribution in [0.1, 0.15) is 51.3 Å². The minimum atomic E-state index is -0.629. The molecule has 3 atom stereocenters. The molecule has 4 heterocycles. The molecule has 248 valence electrons. The van der Waals surface area contributed by atoms with E-state index in [1.807, 2.05) is 39.0 Å². The van der Waals surface area contributed by atoms with E-state index in [0.717, 1.165) is 54.1 Å². The van der Waals surface area contributed by atoms with E-state index in [1.165, 1.54) is 12.5 Å². The van der Waals surface area contributed by atoms with Crippen molar-refractivity contribution in [3.8, 4) is 6.01 Å². The number of benzene rings is 2. The first-order chi connectivity index (χ1) is 22.6. The van der Waals surface area contributed by atoms with Gasteiger partial charge >= 0.3 is 12.1 Å². The zero-order valence-corrected chi connectivity index (χ0v) is 28.0. The van der Waals surface area contributed by atoms with Gasteiger partial charge in [-0.3, -0.25) is 9.80 Å². The molecule has 3 aromatic rings. The lowest BCUT2D eigenvalue weighted by molar-refractivity contribution is -0.0362. The van der Waals surface area contributed by atoms with Gasteiger partial charge in [0.25, 0.3) is 0 Å². The van der Waals surface area contributed by atoms with Crippen molar-refractivity contribution < 1.29 is 18.7 Å². The number of piperazine rings is 1. The molecule has 1 amide bonds. The predicted octanol–water partition coefficient (Wildman–Crippen LogP) is 5.95. The Bertz CT molecular complexity index is 1720. The predicted molar refractivity (Wildman–Crippen MR) is 180 cm³/mol. The van der Waals surface area contributed by atoms with Crippen molar-refractivity contribution in [1.29, 1.82) is 0 Å². The Balaban J connectivity index is 1.21. The van der Waals surface area contributed by atoms with E-state index in [-0.39, 0.29) is 23.7 Å². The summed E-state index contributed by atoms with van der Waals surface area (Å²) in [4.78, 5) is 35.4. The number of amides is 1. The number of ether oxygens (including phenoxy) is 2. The first-order valence-corrected chi connectivity index (χ1v) is 17.0. The third kappa shape index (κ3) is 6.25. The van der Waals surface area contributed by atoms with Gasteiger partial charge in [-0.05, 0) is 77.1 Å². The van der Waals surface area contributed by atoms with E-state index < -0.39 is 17.5 Å². The maximum Gasteiger partial charge on any atom is 0.410 e. The van der Waals surface area contributed by atoms with Crippen molar-refractivity contribution in [2.24, 2.45) is 0 Å². The molecule has 7 rings (SSSR count). The molecule has 0 bridgehead atoms. The number of rotatable bonds is 6. The molecule has 1 aromatic heterocycles. The smallest absolute Gasteiger partial charge is 0.410 e. The Hall–Kier alpha value is -3.88. The van der Waals surface area contributed by atoms with Crippen molar-refractivity contribution in [3.05, 3.63) is 63.8 Å². The van der Waals surface area contributed by atoms with E-state index in [1.54, 1.807) is 11.0 Å². The van der Waals surface area contributed by atoms with Crippen LogP contribution < -0.4 is 14.5 Å². The second kappa shape index (κ2) is 12.6. The summed E-state index contributed by atoms with van der Waals surface area (Å²) in [5, 5.41) is 1.69. The molecule has 3 fully saturated rings. The summed E-state index contributed by atoms with van der Waals surface area (Å²) in [7, 11) is 0. The molecule has 2 unspecified atom stereocenters. The summed E-state index contributed by atoms with van der Waals surface area (Å²) >= 11 is 6.53. The number of likely N-dealkylation sites (tertiary alicyclic amines) is 1. The molecule has 3 aliphatic heterocycles. The van der Waals surface area contributed by atoms with Gasteiger partial charge in [0.2, 0.25) is 6.54 Å². The third-order valence-corrected chi connectivity index (χ3v) is 10.2. The molecule has 0 N–H and O–H groups in total. The fourth-order valence-corrected chi connectivity index (χ4v) is 7.42. The fraction of sp³-hybridized carbons (Fsp3) is 0.543. The van der Waals surface area contributed by atoms with Gasteiger partial charge in [0.05, 0.1) is 17.3 Å². The number of hydrogen-bond acceptors (Lipinski definition) is 8. The maximum atomic E-state index is 14.6. The van der Waals surface area contributed by atoms with Gasteiger partial charge in [-0.25, -0.2) is 15.8 Å². The highest BCUT2D eigenvalue weighted by Gasteiger charge is 2.41. The number of fused-ring (bicyclic) bond motifs is 2. The number of hydrogen-bond donors (Lipinski definition) is 0. The largest absolute Gasteiger partial charge is 0.458 e. The second-order valence-corrected chi connectivity index (χ2v) is 14.3. The minimum absolute atomic E-state index is 0.0413. The Labute approximate surface area is 280 Å². The van der Waals surface area contributed by atoms with E-state index in [4.69, 9.17) is 37.6 Å². The highest BCUT2D eigenvalue weighted by molar-refractivity contribution is 6.36. The number of aromatic nitrogens is 2. The van der Waals surface area contributed by atoms with E-state index in [9.17, 15) is 9.18 Å². The molecule has 0 spiro atoms. The minimum Gasteiger partial charge on any atom is -0.458 e. The van der Waals surface area contributed by atoms with Gasteiger partial charge in [0.15, 0.2) is 0 Å². The summed E-state index contributed by atoms with van der Waals surface area (Å²) in [6.45, 7) is 18.1. The van der Waals surface area contributed by atoms with Crippen molar-refractivity contribution in [3.63, 3.8) is 0 Å². The lowest BCUT2D eigenvalue weighted by Gasteiger charge is -2.47. The molecule has 12 heteroatoms. The average Bonchev–Trinajstić information content (AvgIpc) is 3.01. The first kappa shape index (κ1) is 31.7. The molecular weight excluding hydrogens is 621 g/mol. The molecular formula is C35H41ClFN7O3. The highest BCUT2D eigenvalue weighted by atomic mass is 35.5. The number of carbonyl (C=O) groups excluding carboxylic acids is 1. The lowest BCUT2D eigenvalue weighted by atomic mass is 9.86. The SMILES string of the molecule is [C-]#[N+]C[C@H]1CN(c2nc(OC3CCC3N3CCC3)nc3c2CCN(c2cccc4ccc(F)c(Cl)c24)C3)CCN1C(=O)OC(C)(C)C. The molecule has 1 saturated carbocycles. The Morgan fingerprint density at radius 3 is 2.62 bits per heavy atom. The van der Waals surface area contributed by atoms with E-state index in [0.29, 0.717) is 56.6 Å². The second-order valence-electron chi connectivity index (χ2n) is 14.0. The third-order valence-electron chi connectivity index (χ3n) is 9.78. The number of halogens is 2. The summed E-state index contributed by atoms with van der Waals surface area (Å²) in [6.07, 6.45) is 3.60. The lowest BCUT2D eigenvalue weighted by Crippen LogP contribution is -2.58. The van der Waals surface area contributed by atoms with Gasteiger partial charge < -0.3 is 24.1 Å². The molecule has 4 aliphatic rings. The number of anilines is 2. The van der Waals surface area contributed by atoms with Crippen LogP contribution in [-0.4, -0.2) is 95.5 Å². The highest BCUT2D eigenvalue weighted by Crippen LogP contribution is 2.39. The maximum absolute atomic E-state index is 14.6. The van der Waals surface area contributed by atoms with Crippen LogP contribution in [0.25, 0.3) is 15.6 Å². The molecule has 0 radical (unpaired) electrons. The quantitative estimate of drug-likeness (QED) is 0.300. The van der Waals surface area contributed by atoms with Gasteiger partial charge in [-0.1, -0.05) is 29.8 Å². The number of carbonyl (C=O) groups is 1. The van der Waals surface area contributed by atoms with Crippen molar-refractivity contribution >= 4 is 40.0 Å². The summed E-state index contributed by atoms with van der Waals surface area (Å²) in [6, 6.07) is 9.45. The normalized spacial score (nSPS) is 23.1. The summed E-state index contributed by atoms with van der Waals surface area (Å²) < 4.78 is 26.8. The van der Waals surface area contributed by atoms with Gasteiger partial charge in [0, 0.05) is 48.9 Å². The van der Waals surface area contributed by atoms with Crippen LogP contribution in [0.15, 0.2) is 30.3 Å². The van der Waals surface area contributed by atoms with Crippen molar-refractivity contribution in [2.45, 2.75) is 76.8 Å². The van der Waals surface area contributed by atoms with Crippen molar-refractivity contribution in [2.75, 3.05) is 55.6 Å². The van der Waals surface area contributed by atoms with Crippen LogP contribution in [-0.2, 0) is 17.7 Å². The Kier molecular flexibility index (Phi) is 8.51. The molecule has 1 aliphatic carbocycles. The van der Waals surface area contributed by atoms with Gasteiger partial charge in [-0.2, -0.15) is 9.97 Å². The van der Waals surface area contributed by atoms with E-state index in [2.05, 4.69) is 19.5 Å². The molecule has 2 saturated heterocycles. The average molecular weight is 662 g/mol. The standard InChI is InChI=1S/C35H41ClFN7O3/c1-35(2,3)47-34(45)44-18-17-43(20-23(44)19-38-4)32-24-13-16-42(28-8-5-7-22-9-10-25(37)31(36)30(22)28)21-26(24)39-33(40-32)46-29-12-11-27(29)41-14-6-15-41/h5,7-10,23,27,29H,6,11-21H2,1-3H3/t23-,27?,29?/m0/s1. The zero-order chi connectivity index (χ0) is 32.9. The topological polar surface area (TPSA) is 78.6 Å². The monoisotopic (exact) mass is 661 g/mol. The Morgan fingerprint density at radius 1 is 1.09 bits per heavy atom. The zero-order valence-electron chi connectivity index (χ0n) is 27.2. The fourth-order valence-electron chi connectivity index (χ4n) is 7.15. The summed E-state index contributed by atoms with van der Waals surface area (Å²) in [5.41, 5.74) is 2.12. The first-order valence-electron chi connectivity index (χ1n) is 16.6. The van der Waals surface area contributed by atoms with Crippen LogP contribution in [0.2, 0.25) is 5.02 Å². The molecule has 47 heavy (non-hydrogen) atoms. The number of nitrogens with zero attached hydrogens (tertiary/aromatic N) is 7. The van der Waals surface area contributed by atoms with Crippen LogP contribution in [0.3, 0.4) is 0 Å². The molecule has 10 nitrogen and oxygen atoms in total. The van der Waals surface area contributed by atoms with Crippen LogP contribution >= 0.6 is 11.6 Å². The van der Waals surface area contributed by atoms with Crippen LogP contribution in [0.4, 0.5) is 20.7 Å². The molecule has 2 aromatic carbocycles. The summed E-state index contributed by atoms with van der Waals surface area (Å²) in [5.74, 6) is 0.353. The van der Waals surface area contributed by atoms with Crippen LogP contribution in [0.5, 0.6) is 6.01 Å². The van der Waals surface area contributed by atoms with Gasteiger partial charge in [-0.15, -0.1) is 0 Å². The van der Waals surface area contributed by atoms with Crippen molar-refractivity contribution in [1.82, 2.24) is 19.8 Å². The van der Waals surface area contributed by atoms with Crippen LogP contribution in [0, 0.1) is 12.4 Å². The van der Waals surface area contributed by atoms with E-state index >= 15 is 0 Å². The Morgan fingerprint density at radius 2 is 1.91 bits per heavy atom. The van der Waals surface area contributed by atoms with Gasteiger partial charge in [0.1, 0.15) is 29.4 Å².